The Bertz CT molecular complexity index is 519. The molecule has 2 fully saturated rings. The SMILES string of the molecule is Cl.N[C@@H]1CN(CC(=O)NCCC2CCCCC2)C[C@H]1c1ccccc1. The Morgan fingerprint density at radius 2 is 1.84 bits per heavy atom. The Hall–Kier alpha value is -1.10. The molecule has 0 spiro atoms. The summed E-state index contributed by atoms with van der Waals surface area (Å²) in [7, 11) is 0. The zero-order valence-corrected chi connectivity index (χ0v) is 15.8. The lowest BCUT2D eigenvalue weighted by Gasteiger charge is -2.22. The molecule has 0 radical (unpaired) electrons. The number of carbonyl (C=O) groups is 1. The van der Waals surface area contributed by atoms with Crippen LogP contribution in [0.1, 0.15) is 50.0 Å². The summed E-state index contributed by atoms with van der Waals surface area (Å²) < 4.78 is 0. The van der Waals surface area contributed by atoms with Gasteiger partial charge in [0, 0.05) is 31.6 Å². The van der Waals surface area contributed by atoms with Crippen LogP contribution >= 0.6 is 12.4 Å². The molecule has 3 rings (SSSR count). The van der Waals surface area contributed by atoms with Crippen LogP contribution in [0.2, 0.25) is 0 Å². The van der Waals surface area contributed by atoms with Crippen molar-refractivity contribution in [2.45, 2.75) is 50.5 Å². The zero-order chi connectivity index (χ0) is 16.8. The average molecular weight is 366 g/mol. The van der Waals surface area contributed by atoms with Crippen LogP contribution in [0.5, 0.6) is 0 Å². The zero-order valence-electron chi connectivity index (χ0n) is 15.0. The summed E-state index contributed by atoms with van der Waals surface area (Å²) in [5.41, 5.74) is 7.58. The fraction of sp³-hybridized carbons (Fsp3) is 0.650. The van der Waals surface area contributed by atoms with Crippen molar-refractivity contribution >= 4 is 18.3 Å². The van der Waals surface area contributed by atoms with Crippen molar-refractivity contribution in [2.75, 3.05) is 26.2 Å². The number of amides is 1. The minimum Gasteiger partial charge on any atom is -0.355 e. The quantitative estimate of drug-likeness (QED) is 0.814. The lowest BCUT2D eigenvalue weighted by molar-refractivity contribution is -0.122. The van der Waals surface area contributed by atoms with Gasteiger partial charge >= 0.3 is 0 Å². The van der Waals surface area contributed by atoms with E-state index in [-0.39, 0.29) is 24.4 Å². The van der Waals surface area contributed by atoms with Gasteiger partial charge in [0.05, 0.1) is 6.54 Å². The van der Waals surface area contributed by atoms with Crippen molar-refractivity contribution in [3.05, 3.63) is 35.9 Å². The van der Waals surface area contributed by atoms with Gasteiger partial charge in [-0.3, -0.25) is 9.69 Å². The fourth-order valence-electron chi connectivity index (χ4n) is 4.25. The van der Waals surface area contributed by atoms with Crippen molar-refractivity contribution in [3.63, 3.8) is 0 Å². The summed E-state index contributed by atoms with van der Waals surface area (Å²) in [6, 6.07) is 10.5. The van der Waals surface area contributed by atoms with Crippen LogP contribution in [0.3, 0.4) is 0 Å². The predicted octanol–water partition coefficient (Wildman–Crippen LogP) is 2.92. The molecule has 140 valence electrons. The van der Waals surface area contributed by atoms with Crippen LogP contribution in [-0.4, -0.2) is 43.0 Å². The molecule has 1 saturated heterocycles. The molecule has 1 heterocycles. The van der Waals surface area contributed by atoms with E-state index in [0.29, 0.717) is 12.5 Å². The summed E-state index contributed by atoms with van der Waals surface area (Å²) in [6.45, 7) is 2.98. The first-order valence-electron chi connectivity index (χ1n) is 9.52. The minimum absolute atomic E-state index is 0. The highest BCUT2D eigenvalue weighted by Gasteiger charge is 2.31. The monoisotopic (exact) mass is 365 g/mol. The third-order valence-electron chi connectivity index (χ3n) is 5.64. The second-order valence-corrected chi connectivity index (χ2v) is 7.52. The summed E-state index contributed by atoms with van der Waals surface area (Å²) in [4.78, 5) is 14.4. The number of nitrogens with one attached hydrogen (secondary N) is 1. The maximum absolute atomic E-state index is 12.2. The van der Waals surface area contributed by atoms with Crippen LogP contribution in [-0.2, 0) is 4.79 Å². The number of likely N-dealkylation sites (tertiary alicyclic amines) is 1. The Morgan fingerprint density at radius 1 is 1.12 bits per heavy atom. The molecule has 1 saturated carbocycles. The van der Waals surface area contributed by atoms with Gasteiger partial charge in [-0.2, -0.15) is 0 Å². The van der Waals surface area contributed by atoms with Gasteiger partial charge in [-0.1, -0.05) is 62.4 Å². The Morgan fingerprint density at radius 3 is 2.56 bits per heavy atom. The number of nitrogens with zero attached hydrogens (tertiary/aromatic N) is 1. The second kappa shape index (κ2) is 10.1. The Kier molecular flexibility index (Phi) is 8.20. The van der Waals surface area contributed by atoms with E-state index in [0.717, 1.165) is 32.0 Å². The van der Waals surface area contributed by atoms with Gasteiger partial charge in [0.25, 0.3) is 0 Å². The van der Waals surface area contributed by atoms with Gasteiger partial charge in [-0.15, -0.1) is 12.4 Å². The van der Waals surface area contributed by atoms with E-state index in [4.69, 9.17) is 5.73 Å². The number of hydrogen-bond acceptors (Lipinski definition) is 3. The summed E-state index contributed by atoms with van der Waals surface area (Å²) in [5.74, 6) is 1.30. The maximum Gasteiger partial charge on any atom is 0.234 e. The van der Waals surface area contributed by atoms with E-state index in [1.54, 1.807) is 0 Å². The molecule has 1 aromatic carbocycles. The number of halogens is 1. The van der Waals surface area contributed by atoms with Crippen molar-refractivity contribution in [2.24, 2.45) is 11.7 Å². The number of carbonyl (C=O) groups excluding carboxylic acids is 1. The first-order valence-corrected chi connectivity index (χ1v) is 9.52. The third-order valence-corrected chi connectivity index (χ3v) is 5.64. The summed E-state index contributed by atoms with van der Waals surface area (Å²) in [5, 5.41) is 3.10. The van der Waals surface area contributed by atoms with Crippen LogP contribution in [0, 0.1) is 5.92 Å². The van der Waals surface area contributed by atoms with Gasteiger partial charge in [0.2, 0.25) is 5.91 Å². The van der Waals surface area contributed by atoms with E-state index in [1.165, 1.54) is 37.7 Å². The highest BCUT2D eigenvalue weighted by Crippen LogP contribution is 2.26. The van der Waals surface area contributed by atoms with E-state index in [9.17, 15) is 4.79 Å². The summed E-state index contributed by atoms with van der Waals surface area (Å²) in [6.07, 6.45) is 7.94. The van der Waals surface area contributed by atoms with Crippen LogP contribution < -0.4 is 11.1 Å². The van der Waals surface area contributed by atoms with Crippen molar-refractivity contribution in [1.82, 2.24) is 10.2 Å². The normalized spacial score (nSPS) is 24.7. The molecule has 1 aromatic rings. The highest BCUT2D eigenvalue weighted by molar-refractivity contribution is 5.85. The topological polar surface area (TPSA) is 58.4 Å². The van der Waals surface area contributed by atoms with Crippen LogP contribution in [0.15, 0.2) is 30.3 Å². The largest absolute Gasteiger partial charge is 0.355 e. The van der Waals surface area contributed by atoms with Gasteiger partial charge < -0.3 is 11.1 Å². The Balaban J connectivity index is 0.00000225. The van der Waals surface area contributed by atoms with Crippen LogP contribution in [0.4, 0.5) is 0 Å². The average Bonchev–Trinajstić information content (AvgIpc) is 2.97. The summed E-state index contributed by atoms with van der Waals surface area (Å²) >= 11 is 0. The van der Waals surface area contributed by atoms with Crippen molar-refractivity contribution in [3.8, 4) is 0 Å². The molecular weight excluding hydrogens is 334 g/mol. The van der Waals surface area contributed by atoms with E-state index in [2.05, 4.69) is 34.5 Å². The van der Waals surface area contributed by atoms with Crippen LogP contribution in [0.25, 0.3) is 0 Å². The van der Waals surface area contributed by atoms with E-state index in [1.807, 2.05) is 6.07 Å². The maximum atomic E-state index is 12.2. The molecule has 3 N–H and O–H groups in total. The molecule has 0 bridgehead atoms. The molecule has 1 amide bonds. The predicted molar refractivity (Wildman–Crippen MR) is 105 cm³/mol. The molecule has 2 atom stereocenters. The number of nitrogens with two attached hydrogens (primary N) is 1. The van der Waals surface area contributed by atoms with E-state index < -0.39 is 0 Å². The molecule has 25 heavy (non-hydrogen) atoms. The number of benzene rings is 1. The number of hydrogen-bond donors (Lipinski definition) is 2. The van der Waals surface area contributed by atoms with Crippen molar-refractivity contribution < 1.29 is 4.79 Å². The molecular formula is C20H32ClN3O. The van der Waals surface area contributed by atoms with Gasteiger partial charge in [-0.05, 0) is 17.9 Å². The second-order valence-electron chi connectivity index (χ2n) is 7.52. The van der Waals surface area contributed by atoms with Gasteiger partial charge in [0.1, 0.15) is 0 Å². The minimum atomic E-state index is 0. The van der Waals surface area contributed by atoms with E-state index >= 15 is 0 Å². The standard InChI is InChI=1S/C20H31N3O.ClH/c21-19-14-23(13-18(19)17-9-5-2-6-10-17)15-20(24)22-12-11-16-7-3-1-4-8-16;/h2,5-6,9-10,16,18-19H,1,3-4,7-8,11-15,21H2,(H,22,24);1H/t18-,19+;/m0./s1. The molecule has 4 nitrogen and oxygen atoms in total. The van der Waals surface area contributed by atoms with Gasteiger partial charge in [0.15, 0.2) is 0 Å². The van der Waals surface area contributed by atoms with Crippen molar-refractivity contribution in [1.29, 1.82) is 0 Å². The molecule has 0 aromatic heterocycles. The molecule has 1 aliphatic carbocycles. The fourth-order valence-corrected chi connectivity index (χ4v) is 4.25. The lowest BCUT2D eigenvalue weighted by atomic mass is 9.87. The molecule has 5 heteroatoms. The first kappa shape index (κ1) is 20.2. The highest BCUT2D eigenvalue weighted by atomic mass is 35.5. The smallest absolute Gasteiger partial charge is 0.234 e. The first-order chi connectivity index (χ1) is 11.7. The molecule has 2 aliphatic rings. The van der Waals surface area contributed by atoms with Gasteiger partial charge in [-0.25, -0.2) is 0 Å². The Labute approximate surface area is 157 Å². The molecule has 0 unspecified atom stereocenters. The molecule has 1 aliphatic heterocycles. The lowest BCUT2D eigenvalue weighted by Crippen LogP contribution is -2.38. The number of rotatable bonds is 6. The third kappa shape index (κ3) is 5.98.